The van der Waals surface area contributed by atoms with Gasteiger partial charge in [-0.25, -0.2) is 0 Å². The highest BCUT2D eigenvalue weighted by atomic mass is 32.2. The van der Waals surface area contributed by atoms with E-state index in [-0.39, 0.29) is 12.5 Å². The molecule has 112 valence electrons. The molecule has 0 aromatic carbocycles. The van der Waals surface area contributed by atoms with Crippen LogP contribution in [0.3, 0.4) is 0 Å². The molecule has 1 saturated heterocycles. The van der Waals surface area contributed by atoms with E-state index >= 15 is 0 Å². The molecule has 1 amide bonds. The van der Waals surface area contributed by atoms with Gasteiger partial charge in [-0.3, -0.25) is 4.79 Å². The van der Waals surface area contributed by atoms with E-state index in [1.165, 1.54) is 24.3 Å². The maximum absolute atomic E-state index is 11.9. The standard InChI is InChI=1S/C15H29NO2S/c1-12(2)9-14(3-6-17)11-16-15(18)10-13-4-7-19-8-5-13/h12-14,17H,3-11H2,1-2H3,(H,16,18). The van der Waals surface area contributed by atoms with Gasteiger partial charge in [0.15, 0.2) is 0 Å². The largest absolute Gasteiger partial charge is 0.396 e. The maximum atomic E-state index is 11.9. The Labute approximate surface area is 121 Å². The van der Waals surface area contributed by atoms with E-state index in [9.17, 15) is 4.79 Å². The Morgan fingerprint density at radius 2 is 2.05 bits per heavy atom. The predicted octanol–water partition coefficient (Wildman–Crippen LogP) is 2.68. The van der Waals surface area contributed by atoms with E-state index in [0.29, 0.717) is 24.2 Å². The molecule has 0 saturated carbocycles. The van der Waals surface area contributed by atoms with Gasteiger partial charge in [-0.2, -0.15) is 11.8 Å². The molecule has 0 aliphatic carbocycles. The first-order valence-electron chi connectivity index (χ1n) is 7.57. The molecule has 4 heteroatoms. The summed E-state index contributed by atoms with van der Waals surface area (Å²) in [5.41, 5.74) is 0. The molecule has 1 fully saturated rings. The molecule has 0 spiro atoms. The number of amides is 1. The number of hydrogen-bond donors (Lipinski definition) is 2. The summed E-state index contributed by atoms with van der Waals surface area (Å²) in [6.45, 7) is 5.31. The van der Waals surface area contributed by atoms with Crippen LogP contribution in [0, 0.1) is 17.8 Å². The first-order chi connectivity index (χ1) is 9.11. The van der Waals surface area contributed by atoms with Gasteiger partial charge in [-0.15, -0.1) is 0 Å². The summed E-state index contributed by atoms with van der Waals surface area (Å²) in [6, 6.07) is 0. The molecule has 1 unspecified atom stereocenters. The van der Waals surface area contributed by atoms with Gasteiger partial charge in [0.1, 0.15) is 0 Å². The highest BCUT2D eigenvalue weighted by molar-refractivity contribution is 7.99. The Hall–Kier alpha value is -0.220. The van der Waals surface area contributed by atoms with Crippen LogP contribution in [0.15, 0.2) is 0 Å². The zero-order chi connectivity index (χ0) is 14.1. The van der Waals surface area contributed by atoms with Crippen LogP contribution < -0.4 is 5.32 Å². The van der Waals surface area contributed by atoms with Crippen molar-refractivity contribution in [2.24, 2.45) is 17.8 Å². The molecule has 1 rings (SSSR count). The third-order valence-corrected chi connectivity index (χ3v) is 4.79. The molecule has 2 N–H and O–H groups in total. The highest BCUT2D eigenvalue weighted by Crippen LogP contribution is 2.25. The first kappa shape index (κ1) is 16.8. The molecule has 1 aliphatic rings. The lowest BCUT2D eigenvalue weighted by molar-refractivity contribution is -0.122. The van der Waals surface area contributed by atoms with Crippen molar-refractivity contribution in [1.29, 1.82) is 0 Å². The lowest BCUT2D eigenvalue weighted by Crippen LogP contribution is -2.32. The molecular formula is C15H29NO2S. The van der Waals surface area contributed by atoms with Gasteiger partial charge in [0, 0.05) is 19.6 Å². The Kier molecular flexibility index (Phi) is 8.55. The summed E-state index contributed by atoms with van der Waals surface area (Å²) in [7, 11) is 0. The van der Waals surface area contributed by atoms with Crippen LogP contribution in [0.25, 0.3) is 0 Å². The number of hydrogen-bond acceptors (Lipinski definition) is 3. The van der Waals surface area contributed by atoms with Gasteiger partial charge in [0.2, 0.25) is 5.91 Å². The van der Waals surface area contributed by atoms with Crippen molar-refractivity contribution in [3.63, 3.8) is 0 Å². The predicted molar refractivity (Wildman–Crippen MR) is 82.3 cm³/mol. The molecule has 0 aromatic heterocycles. The fourth-order valence-corrected chi connectivity index (χ4v) is 3.90. The second-order valence-corrected chi connectivity index (χ2v) is 7.30. The van der Waals surface area contributed by atoms with E-state index < -0.39 is 0 Å². The lowest BCUT2D eigenvalue weighted by atomic mass is 9.94. The number of aliphatic hydroxyl groups is 1. The molecule has 3 nitrogen and oxygen atoms in total. The number of aliphatic hydroxyl groups excluding tert-OH is 1. The van der Waals surface area contributed by atoms with Gasteiger partial charge in [0.25, 0.3) is 0 Å². The van der Waals surface area contributed by atoms with Crippen LogP contribution in [-0.4, -0.2) is 35.7 Å². The van der Waals surface area contributed by atoms with Gasteiger partial charge < -0.3 is 10.4 Å². The molecular weight excluding hydrogens is 258 g/mol. The lowest BCUT2D eigenvalue weighted by Gasteiger charge is -2.22. The van der Waals surface area contributed by atoms with Crippen molar-refractivity contribution in [2.75, 3.05) is 24.7 Å². The van der Waals surface area contributed by atoms with Crippen LogP contribution in [0.4, 0.5) is 0 Å². The SMILES string of the molecule is CC(C)CC(CCO)CNC(=O)CC1CCSCC1. The van der Waals surface area contributed by atoms with Gasteiger partial charge in [-0.1, -0.05) is 13.8 Å². The third-order valence-electron chi connectivity index (χ3n) is 3.74. The van der Waals surface area contributed by atoms with Gasteiger partial charge in [0.05, 0.1) is 0 Å². The average molecular weight is 287 g/mol. The van der Waals surface area contributed by atoms with Crippen LogP contribution in [0.1, 0.15) is 46.0 Å². The van der Waals surface area contributed by atoms with Crippen LogP contribution in [0.5, 0.6) is 0 Å². The molecule has 0 radical (unpaired) electrons. The average Bonchev–Trinajstić information content (AvgIpc) is 2.37. The minimum atomic E-state index is 0.198. The summed E-state index contributed by atoms with van der Waals surface area (Å²) in [5, 5.41) is 12.1. The molecule has 1 atom stereocenters. The van der Waals surface area contributed by atoms with Crippen LogP contribution in [-0.2, 0) is 4.79 Å². The minimum absolute atomic E-state index is 0.198. The maximum Gasteiger partial charge on any atom is 0.220 e. The van der Waals surface area contributed by atoms with Crippen molar-refractivity contribution in [1.82, 2.24) is 5.32 Å². The topological polar surface area (TPSA) is 49.3 Å². The minimum Gasteiger partial charge on any atom is -0.396 e. The normalized spacial score (nSPS) is 18.5. The Bertz CT molecular complexity index is 253. The van der Waals surface area contributed by atoms with Gasteiger partial charge in [-0.05, 0) is 54.9 Å². The second-order valence-electron chi connectivity index (χ2n) is 6.07. The summed E-state index contributed by atoms with van der Waals surface area (Å²) >= 11 is 2.00. The molecule has 0 aromatic rings. The van der Waals surface area contributed by atoms with Crippen molar-refractivity contribution >= 4 is 17.7 Å². The Morgan fingerprint density at radius 3 is 2.63 bits per heavy atom. The zero-order valence-corrected chi connectivity index (χ0v) is 13.2. The van der Waals surface area contributed by atoms with Crippen LogP contribution >= 0.6 is 11.8 Å². The fraction of sp³-hybridized carbons (Fsp3) is 0.933. The summed E-state index contributed by atoms with van der Waals surface area (Å²) in [6.07, 6.45) is 4.92. The van der Waals surface area contributed by atoms with Crippen molar-refractivity contribution < 1.29 is 9.90 Å². The third kappa shape index (κ3) is 7.83. The smallest absolute Gasteiger partial charge is 0.220 e. The van der Waals surface area contributed by atoms with Crippen molar-refractivity contribution in [3.05, 3.63) is 0 Å². The van der Waals surface area contributed by atoms with Crippen molar-refractivity contribution in [2.45, 2.75) is 46.0 Å². The molecule has 0 bridgehead atoms. The second kappa shape index (κ2) is 9.65. The molecule has 1 aliphatic heterocycles. The zero-order valence-electron chi connectivity index (χ0n) is 12.4. The highest BCUT2D eigenvalue weighted by Gasteiger charge is 2.18. The summed E-state index contributed by atoms with van der Waals surface area (Å²) in [4.78, 5) is 11.9. The summed E-state index contributed by atoms with van der Waals surface area (Å²) in [5.74, 6) is 4.22. The van der Waals surface area contributed by atoms with E-state index in [4.69, 9.17) is 5.11 Å². The monoisotopic (exact) mass is 287 g/mol. The molecule has 19 heavy (non-hydrogen) atoms. The number of carbonyl (C=O) groups is 1. The fourth-order valence-electron chi connectivity index (χ4n) is 2.70. The first-order valence-corrected chi connectivity index (χ1v) is 8.72. The van der Waals surface area contributed by atoms with Gasteiger partial charge >= 0.3 is 0 Å². The molecule has 1 heterocycles. The van der Waals surface area contributed by atoms with E-state index in [1.54, 1.807) is 0 Å². The summed E-state index contributed by atoms with van der Waals surface area (Å²) < 4.78 is 0. The van der Waals surface area contributed by atoms with E-state index in [2.05, 4.69) is 19.2 Å². The number of nitrogens with one attached hydrogen (secondary N) is 1. The number of thioether (sulfide) groups is 1. The van der Waals surface area contributed by atoms with E-state index in [0.717, 1.165) is 19.4 Å². The van der Waals surface area contributed by atoms with E-state index in [1.807, 2.05) is 11.8 Å². The number of rotatable bonds is 8. The van der Waals surface area contributed by atoms with Crippen molar-refractivity contribution in [3.8, 4) is 0 Å². The van der Waals surface area contributed by atoms with Crippen LogP contribution in [0.2, 0.25) is 0 Å². The number of carbonyl (C=O) groups excluding carboxylic acids is 1. The Balaban J connectivity index is 2.22. The quantitative estimate of drug-likeness (QED) is 0.721. The Morgan fingerprint density at radius 1 is 1.37 bits per heavy atom.